The Morgan fingerprint density at radius 3 is 1.57 bits per heavy atom. The lowest BCUT2D eigenvalue weighted by Crippen LogP contribution is -2.12. The van der Waals surface area contributed by atoms with Gasteiger partial charge >= 0.3 is 0 Å². The van der Waals surface area contributed by atoms with Crippen molar-refractivity contribution in [1.82, 2.24) is 73.0 Å². The first-order valence-electron chi connectivity index (χ1n) is 22.1. The maximum atomic E-state index is 12.4. The average molecular weight is 1010 g/mol. The van der Waals surface area contributed by atoms with Crippen LogP contribution in [-0.2, 0) is 0 Å². The monoisotopic (exact) mass is 1010 g/mol. The van der Waals surface area contributed by atoms with E-state index < -0.39 is 0 Å². The number of ether oxygens (including phenoxy) is 2. The molecular weight excluding hydrogens is 972 g/mol. The van der Waals surface area contributed by atoms with Gasteiger partial charge in [-0.15, -0.1) is 0 Å². The van der Waals surface area contributed by atoms with Crippen molar-refractivity contribution >= 4 is 28.5 Å². The number of H-pyrrole nitrogens is 1. The first kappa shape index (κ1) is 48.9. The van der Waals surface area contributed by atoms with Crippen LogP contribution in [0.3, 0.4) is 0 Å². The number of aromatic nitrogens is 15. The largest absolute Gasteiger partial charge is 0.480 e. The predicted molar refractivity (Wildman–Crippen MR) is 274 cm³/mol. The van der Waals surface area contributed by atoms with E-state index in [4.69, 9.17) is 36.9 Å². The van der Waals surface area contributed by atoms with Gasteiger partial charge in [0, 0.05) is 103 Å². The lowest BCUT2D eigenvalue weighted by molar-refractivity contribution is 0.398. The number of hydrogen-bond donors (Lipinski definition) is 1. The molecule has 0 unspecified atom stereocenters. The number of nitrogens with one attached hydrogen (secondary N) is 1. The van der Waals surface area contributed by atoms with E-state index in [1.807, 2.05) is 40.9 Å². The van der Waals surface area contributed by atoms with Gasteiger partial charge in [-0.2, -0.15) is 25.8 Å². The molecule has 75 heavy (non-hydrogen) atoms. The van der Waals surface area contributed by atoms with Crippen LogP contribution < -0.4 is 15.0 Å². The molecule has 0 aliphatic heterocycles. The molecule has 12 rings (SSSR count). The summed E-state index contributed by atoms with van der Waals surface area (Å²) in [7, 11) is 3.10. The molecule has 0 aliphatic carbocycles. The minimum atomic E-state index is -0.264. The van der Waals surface area contributed by atoms with Crippen LogP contribution in [0.25, 0.3) is 73.4 Å². The molecular formula is C53H35ClN18O3. The molecule has 12 aromatic rings. The summed E-state index contributed by atoms with van der Waals surface area (Å²) in [6.07, 6.45) is 26.9. The van der Waals surface area contributed by atoms with Crippen molar-refractivity contribution in [2.24, 2.45) is 0 Å². The van der Waals surface area contributed by atoms with Crippen molar-refractivity contribution in [2.45, 2.75) is 0 Å². The van der Waals surface area contributed by atoms with Gasteiger partial charge in [-0.3, -0.25) is 28.5 Å². The van der Waals surface area contributed by atoms with Crippen molar-refractivity contribution in [2.75, 3.05) is 14.2 Å². The third kappa shape index (κ3) is 11.1. The standard InChI is InChI=1S/C18H12N6O.C17H10N6O.C10H8ClN3O.C8H5N3/c1-25-18-14(13-3-2-6-20-8-13)9-22-17(23-18)15-10-21-16-5-4-12(7-19)11-24(15)16;18-6-11-3-4-15-20-9-14(23(15)10-11)16-21-8-13(17(24)22-16)12-2-1-5-19-7-12;1-15-9-8(6-13-10(11)14-9)7-3-2-4-12-5-7;9-5-7-1-2-8-10-3-4-11(8)6-7/h2-6,8-11H,1H3;1-5,7-10H,(H,21,22,24);2-6H,1H3;1-4,6H. The zero-order valence-electron chi connectivity index (χ0n) is 39.4. The zero-order valence-corrected chi connectivity index (χ0v) is 40.1. The lowest BCUT2D eigenvalue weighted by Gasteiger charge is -2.08. The smallest absolute Gasteiger partial charge is 0.259 e. The van der Waals surface area contributed by atoms with Crippen molar-refractivity contribution < 1.29 is 9.47 Å². The van der Waals surface area contributed by atoms with Crippen molar-refractivity contribution in [3.8, 4) is 86.4 Å². The highest BCUT2D eigenvalue weighted by Gasteiger charge is 2.16. The Kier molecular flexibility index (Phi) is 14.9. The summed E-state index contributed by atoms with van der Waals surface area (Å²) in [4.78, 5) is 61.1. The predicted octanol–water partition coefficient (Wildman–Crippen LogP) is 8.16. The van der Waals surface area contributed by atoms with Gasteiger partial charge in [0.1, 0.15) is 46.5 Å². The number of aromatic amines is 1. The summed E-state index contributed by atoms with van der Waals surface area (Å²) in [5, 5.41) is 26.9. The Balaban J connectivity index is 0.000000128. The fraction of sp³-hybridized carbons (Fsp3) is 0.0377. The highest BCUT2D eigenvalue weighted by Crippen LogP contribution is 2.30. The van der Waals surface area contributed by atoms with Crippen molar-refractivity contribution in [3.05, 3.63) is 204 Å². The number of nitrogens with zero attached hydrogens (tertiary/aromatic N) is 17. The van der Waals surface area contributed by atoms with Gasteiger partial charge in [0.05, 0.1) is 60.0 Å². The second kappa shape index (κ2) is 22.8. The maximum Gasteiger partial charge on any atom is 0.259 e. The summed E-state index contributed by atoms with van der Waals surface area (Å²) in [6, 6.07) is 27.8. The molecule has 22 heteroatoms. The molecule has 0 saturated carbocycles. The molecule has 0 spiro atoms. The molecule has 0 aromatic carbocycles. The Labute approximate surface area is 430 Å². The van der Waals surface area contributed by atoms with Gasteiger partial charge in [0.2, 0.25) is 17.0 Å². The second-order valence-corrected chi connectivity index (χ2v) is 15.7. The summed E-state index contributed by atoms with van der Waals surface area (Å²) in [5.41, 5.74) is 9.39. The highest BCUT2D eigenvalue weighted by molar-refractivity contribution is 6.28. The van der Waals surface area contributed by atoms with Crippen LogP contribution in [0, 0.1) is 34.0 Å². The van der Waals surface area contributed by atoms with Crippen LogP contribution in [0.4, 0.5) is 0 Å². The Hall–Kier alpha value is -11.1. The van der Waals surface area contributed by atoms with Crippen LogP contribution in [0.2, 0.25) is 5.28 Å². The van der Waals surface area contributed by atoms with E-state index >= 15 is 0 Å². The Morgan fingerprint density at radius 2 is 1.03 bits per heavy atom. The SMILES string of the molecule is COc1nc(-c2cnc3ccc(C#N)cn23)ncc1-c1cccnc1.COc1nc(Cl)ncc1-c1cccnc1.N#Cc1ccc2ncc(-c3ncc(-c4cccnc4)c(=O)[nH]3)n2c1.N#Cc1ccc2nccn2c1. The van der Waals surface area contributed by atoms with E-state index in [2.05, 4.69) is 78.0 Å². The van der Waals surface area contributed by atoms with Crippen LogP contribution in [0.5, 0.6) is 11.8 Å². The topological polar surface area (TPSA) is 278 Å². The normalized spacial score (nSPS) is 10.3. The molecule has 0 fully saturated rings. The molecule has 0 aliphatic rings. The van der Waals surface area contributed by atoms with Gasteiger partial charge in [-0.05, 0) is 66.2 Å². The summed E-state index contributed by atoms with van der Waals surface area (Å²) in [5.74, 6) is 1.75. The number of methoxy groups -OCH3 is 2. The molecule has 12 heterocycles. The fourth-order valence-corrected chi connectivity index (χ4v) is 7.39. The van der Waals surface area contributed by atoms with Gasteiger partial charge in [0.15, 0.2) is 11.6 Å². The van der Waals surface area contributed by atoms with Crippen molar-refractivity contribution in [1.29, 1.82) is 15.8 Å². The van der Waals surface area contributed by atoms with Gasteiger partial charge in [-0.1, -0.05) is 18.2 Å². The summed E-state index contributed by atoms with van der Waals surface area (Å²) >= 11 is 5.67. The van der Waals surface area contributed by atoms with Gasteiger partial charge < -0.3 is 18.9 Å². The highest BCUT2D eigenvalue weighted by atomic mass is 35.5. The number of hydrogen-bond acceptors (Lipinski definition) is 17. The molecule has 0 bridgehead atoms. The van der Waals surface area contributed by atoms with E-state index in [0.29, 0.717) is 73.9 Å². The Bertz CT molecular complexity index is 4150. The van der Waals surface area contributed by atoms with Crippen LogP contribution in [0.1, 0.15) is 16.7 Å². The zero-order chi connectivity index (χ0) is 52.1. The third-order valence-corrected chi connectivity index (χ3v) is 11.0. The fourth-order valence-electron chi connectivity index (χ4n) is 7.26. The van der Waals surface area contributed by atoms with Crippen LogP contribution in [-0.4, -0.2) is 87.2 Å². The third-order valence-electron chi connectivity index (χ3n) is 10.8. The molecule has 0 atom stereocenters. The number of fused-ring (bicyclic) bond motifs is 3. The quantitative estimate of drug-likeness (QED) is 0.147. The first-order chi connectivity index (χ1) is 36.8. The number of pyridine rings is 6. The summed E-state index contributed by atoms with van der Waals surface area (Å²) < 4.78 is 15.9. The van der Waals surface area contributed by atoms with Gasteiger partial charge in [-0.25, -0.2) is 29.9 Å². The Morgan fingerprint density at radius 1 is 0.520 bits per heavy atom. The number of halogens is 1. The number of nitriles is 3. The maximum absolute atomic E-state index is 12.4. The van der Waals surface area contributed by atoms with E-state index in [1.54, 1.807) is 152 Å². The molecule has 21 nitrogen and oxygen atoms in total. The molecule has 1 N–H and O–H groups in total. The first-order valence-corrected chi connectivity index (χ1v) is 22.5. The van der Waals surface area contributed by atoms with E-state index in [0.717, 1.165) is 27.9 Å². The van der Waals surface area contributed by atoms with E-state index in [-0.39, 0.29) is 10.8 Å². The van der Waals surface area contributed by atoms with E-state index in [1.165, 1.54) is 6.20 Å². The van der Waals surface area contributed by atoms with E-state index in [9.17, 15) is 4.79 Å². The molecule has 0 radical (unpaired) electrons. The molecule has 0 amide bonds. The minimum Gasteiger partial charge on any atom is -0.480 e. The van der Waals surface area contributed by atoms with Crippen molar-refractivity contribution in [3.63, 3.8) is 0 Å². The lowest BCUT2D eigenvalue weighted by atomic mass is 10.1. The molecule has 0 saturated heterocycles. The number of imidazole rings is 3. The molecule has 12 aromatic heterocycles. The number of rotatable bonds is 7. The van der Waals surface area contributed by atoms with Gasteiger partial charge in [0.25, 0.3) is 5.56 Å². The van der Waals surface area contributed by atoms with Crippen LogP contribution in [0.15, 0.2) is 177 Å². The van der Waals surface area contributed by atoms with Crippen LogP contribution >= 0.6 is 11.6 Å². The minimum absolute atomic E-state index is 0.166. The summed E-state index contributed by atoms with van der Waals surface area (Å²) in [6.45, 7) is 0. The second-order valence-electron chi connectivity index (χ2n) is 15.4. The molecule has 362 valence electrons. The average Bonchev–Trinajstić information content (AvgIpc) is 4.25.